The normalized spacial score (nSPS) is 13.5. The van der Waals surface area contributed by atoms with Crippen LogP contribution in [0.15, 0.2) is 28.8 Å². The highest BCUT2D eigenvalue weighted by Gasteiger charge is 2.21. The van der Waals surface area contributed by atoms with Crippen LogP contribution in [0.5, 0.6) is 0 Å². The van der Waals surface area contributed by atoms with E-state index in [2.05, 4.69) is 10.5 Å². The molecular formula is C14H13N3O4. The second-order valence-electron chi connectivity index (χ2n) is 4.90. The first-order valence-corrected chi connectivity index (χ1v) is 6.68. The molecule has 0 fully saturated rings. The number of carbonyl (C=O) groups is 1. The molecule has 7 heteroatoms. The zero-order valence-electron chi connectivity index (χ0n) is 11.2. The van der Waals surface area contributed by atoms with Crippen LogP contribution in [-0.4, -0.2) is 16.0 Å². The van der Waals surface area contributed by atoms with Crippen LogP contribution < -0.4 is 5.32 Å². The maximum absolute atomic E-state index is 12.1. The number of nitro groups is 1. The van der Waals surface area contributed by atoms with Gasteiger partial charge in [-0.2, -0.15) is 0 Å². The Morgan fingerprint density at radius 2 is 1.95 bits per heavy atom. The molecule has 2 aromatic rings. The van der Waals surface area contributed by atoms with Crippen LogP contribution in [0.3, 0.4) is 0 Å². The van der Waals surface area contributed by atoms with E-state index in [4.69, 9.17) is 4.52 Å². The van der Waals surface area contributed by atoms with Gasteiger partial charge in [0.05, 0.1) is 10.6 Å². The number of anilines is 1. The Morgan fingerprint density at radius 3 is 2.67 bits per heavy atom. The third-order valence-corrected chi connectivity index (χ3v) is 3.53. The minimum absolute atomic E-state index is 0.0522. The molecule has 0 saturated heterocycles. The van der Waals surface area contributed by atoms with Crippen molar-refractivity contribution in [2.75, 3.05) is 5.32 Å². The number of aromatic nitrogens is 1. The lowest BCUT2D eigenvalue weighted by molar-refractivity contribution is -0.384. The van der Waals surface area contributed by atoms with Crippen molar-refractivity contribution in [1.29, 1.82) is 0 Å². The molecule has 7 nitrogen and oxygen atoms in total. The molecule has 1 amide bonds. The first-order chi connectivity index (χ1) is 10.1. The molecule has 108 valence electrons. The smallest absolute Gasteiger partial charge is 0.269 e. The number of nitrogens with zero attached hydrogens (tertiary/aromatic N) is 2. The molecule has 3 rings (SSSR count). The van der Waals surface area contributed by atoms with E-state index in [1.54, 1.807) is 0 Å². The third kappa shape index (κ3) is 2.62. The highest BCUT2D eigenvalue weighted by Crippen LogP contribution is 2.27. The van der Waals surface area contributed by atoms with Gasteiger partial charge in [-0.1, -0.05) is 5.16 Å². The van der Waals surface area contributed by atoms with Gasteiger partial charge in [-0.05, 0) is 37.8 Å². The summed E-state index contributed by atoms with van der Waals surface area (Å²) in [5.41, 5.74) is 2.14. The molecule has 0 saturated carbocycles. The fourth-order valence-corrected chi connectivity index (χ4v) is 2.40. The van der Waals surface area contributed by atoms with Crippen molar-refractivity contribution in [3.05, 3.63) is 51.2 Å². The Kier molecular flexibility index (Phi) is 3.39. The molecular weight excluding hydrogens is 274 g/mol. The SMILES string of the molecule is O=C(Nc1onc2c1CCCC2)c1ccc([N+](=O)[O-])cc1. The van der Waals surface area contributed by atoms with E-state index >= 15 is 0 Å². The van der Waals surface area contributed by atoms with Crippen LogP contribution in [0.1, 0.15) is 34.5 Å². The Labute approximate surface area is 120 Å². The molecule has 1 heterocycles. The molecule has 0 aliphatic heterocycles. The number of fused-ring (bicyclic) bond motifs is 1. The molecule has 0 bridgehead atoms. The van der Waals surface area contributed by atoms with Gasteiger partial charge in [0, 0.05) is 23.3 Å². The molecule has 0 spiro atoms. The van der Waals surface area contributed by atoms with Gasteiger partial charge in [-0.3, -0.25) is 20.2 Å². The van der Waals surface area contributed by atoms with Gasteiger partial charge in [0.15, 0.2) is 0 Å². The topological polar surface area (TPSA) is 98.3 Å². The van der Waals surface area contributed by atoms with Crippen LogP contribution in [0.4, 0.5) is 11.6 Å². The summed E-state index contributed by atoms with van der Waals surface area (Å²) in [6, 6.07) is 5.42. The minimum atomic E-state index is -0.505. The Bertz CT molecular complexity index is 691. The number of hydrogen-bond donors (Lipinski definition) is 1. The predicted molar refractivity (Wildman–Crippen MR) is 74.2 cm³/mol. The molecule has 1 aromatic carbocycles. The lowest BCUT2D eigenvalue weighted by Gasteiger charge is -2.09. The zero-order chi connectivity index (χ0) is 14.8. The zero-order valence-corrected chi connectivity index (χ0v) is 11.2. The summed E-state index contributed by atoms with van der Waals surface area (Å²) >= 11 is 0. The number of non-ortho nitro benzene ring substituents is 1. The number of carbonyl (C=O) groups excluding carboxylic acids is 1. The van der Waals surface area contributed by atoms with Crippen molar-refractivity contribution in [2.24, 2.45) is 0 Å². The number of amides is 1. The van der Waals surface area contributed by atoms with Gasteiger partial charge < -0.3 is 4.52 Å². The Morgan fingerprint density at radius 1 is 1.24 bits per heavy atom. The standard InChI is InChI=1S/C14H13N3O4/c18-13(9-5-7-10(8-6-9)17(19)20)15-14-11-3-1-2-4-12(11)16-21-14/h5-8H,1-4H2,(H,15,18). The van der Waals surface area contributed by atoms with Crippen molar-refractivity contribution in [3.63, 3.8) is 0 Å². The monoisotopic (exact) mass is 287 g/mol. The summed E-state index contributed by atoms with van der Waals surface area (Å²) in [5.74, 6) is 0.0162. The largest absolute Gasteiger partial charge is 0.338 e. The van der Waals surface area contributed by atoms with Gasteiger partial charge in [0.1, 0.15) is 0 Å². The van der Waals surface area contributed by atoms with E-state index in [1.165, 1.54) is 24.3 Å². The van der Waals surface area contributed by atoms with Crippen LogP contribution >= 0.6 is 0 Å². The number of nitrogens with one attached hydrogen (secondary N) is 1. The first-order valence-electron chi connectivity index (χ1n) is 6.68. The van der Waals surface area contributed by atoms with E-state index in [1.807, 2.05) is 0 Å². The van der Waals surface area contributed by atoms with E-state index in [9.17, 15) is 14.9 Å². The summed E-state index contributed by atoms with van der Waals surface area (Å²) in [6.45, 7) is 0. The summed E-state index contributed by atoms with van der Waals surface area (Å²) in [7, 11) is 0. The quantitative estimate of drug-likeness (QED) is 0.691. The van der Waals surface area contributed by atoms with Gasteiger partial charge >= 0.3 is 0 Å². The van der Waals surface area contributed by atoms with Gasteiger partial charge in [-0.25, -0.2) is 0 Å². The van der Waals surface area contributed by atoms with Crippen molar-refractivity contribution < 1.29 is 14.2 Å². The van der Waals surface area contributed by atoms with Crippen molar-refractivity contribution in [3.8, 4) is 0 Å². The van der Waals surface area contributed by atoms with E-state index in [0.717, 1.165) is 36.9 Å². The average molecular weight is 287 g/mol. The van der Waals surface area contributed by atoms with Gasteiger partial charge in [0.25, 0.3) is 11.6 Å². The molecule has 1 aliphatic carbocycles. The maximum atomic E-state index is 12.1. The van der Waals surface area contributed by atoms with E-state index in [-0.39, 0.29) is 11.6 Å². The molecule has 0 unspecified atom stereocenters. The summed E-state index contributed by atoms with van der Waals surface area (Å²) in [6.07, 6.45) is 3.84. The lowest BCUT2D eigenvalue weighted by Crippen LogP contribution is -2.13. The second-order valence-corrected chi connectivity index (χ2v) is 4.90. The number of rotatable bonds is 3. The summed E-state index contributed by atoms with van der Waals surface area (Å²) in [4.78, 5) is 22.2. The van der Waals surface area contributed by atoms with Gasteiger partial charge in [-0.15, -0.1) is 0 Å². The molecule has 1 N–H and O–H groups in total. The van der Waals surface area contributed by atoms with E-state index < -0.39 is 4.92 Å². The van der Waals surface area contributed by atoms with E-state index in [0.29, 0.717) is 11.4 Å². The minimum Gasteiger partial charge on any atom is -0.338 e. The van der Waals surface area contributed by atoms with Crippen molar-refractivity contribution in [2.45, 2.75) is 25.7 Å². The Balaban J connectivity index is 1.77. The average Bonchev–Trinajstić information content (AvgIpc) is 2.91. The fourth-order valence-electron chi connectivity index (χ4n) is 2.40. The molecule has 0 radical (unpaired) electrons. The third-order valence-electron chi connectivity index (χ3n) is 3.53. The molecule has 21 heavy (non-hydrogen) atoms. The molecule has 1 aromatic heterocycles. The van der Waals surface area contributed by atoms with Crippen LogP contribution in [0, 0.1) is 10.1 Å². The highest BCUT2D eigenvalue weighted by atomic mass is 16.6. The van der Waals surface area contributed by atoms with Crippen LogP contribution in [-0.2, 0) is 12.8 Å². The second kappa shape index (κ2) is 5.35. The maximum Gasteiger partial charge on any atom is 0.269 e. The first kappa shape index (κ1) is 13.3. The Hall–Kier alpha value is -2.70. The van der Waals surface area contributed by atoms with Crippen molar-refractivity contribution >= 4 is 17.5 Å². The molecule has 0 atom stereocenters. The number of benzene rings is 1. The van der Waals surface area contributed by atoms with Crippen LogP contribution in [0.25, 0.3) is 0 Å². The fraction of sp³-hybridized carbons (Fsp3) is 0.286. The summed E-state index contributed by atoms with van der Waals surface area (Å²) in [5, 5.41) is 17.2. The summed E-state index contributed by atoms with van der Waals surface area (Å²) < 4.78 is 5.18. The van der Waals surface area contributed by atoms with Crippen molar-refractivity contribution in [1.82, 2.24) is 5.16 Å². The highest BCUT2D eigenvalue weighted by molar-refractivity contribution is 6.04. The van der Waals surface area contributed by atoms with Crippen LogP contribution in [0.2, 0.25) is 0 Å². The lowest BCUT2D eigenvalue weighted by atomic mass is 9.97. The number of aryl methyl sites for hydroxylation is 1. The predicted octanol–water partition coefficient (Wildman–Crippen LogP) is 2.71. The number of nitro benzene ring substituents is 1. The molecule has 1 aliphatic rings. The number of hydrogen-bond acceptors (Lipinski definition) is 5. The van der Waals surface area contributed by atoms with Gasteiger partial charge in [0.2, 0.25) is 5.88 Å².